The van der Waals surface area contributed by atoms with E-state index < -0.39 is 0 Å². The molecule has 2 aromatic rings. The summed E-state index contributed by atoms with van der Waals surface area (Å²) in [5.41, 5.74) is 7.61. The molecule has 1 aromatic carbocycles. The van der Waals surface area contributed by atoms with Crippen LogP contribution in [0.1, 0.15) is 38.7 Å². The first-order valence-corrected chi connectivity index (χ1v) is 13.4. The van der Waals surface area contributed by atoms with Gasteiger partial charge in [-0.05, 0) is 56.5 Å². The summed E-state index contributed by atoms with van der Waals surface area (Å²) in [6, 6.07) is 8.18. The van der Waals surface area contributed by atoms with Gasteiger partial charge < -0.3 is 29.3 Å². The van der Waals surface area contributed by atoms with Gasteiger partial charge >= 0.3 is 6.03 Å². The number of anilines is 2. The summed E-state index contributed by atoms with van der Waals surface area (Å²) in [5.74, 6) is 0.670. The molecule has 4 heterocycles. The molecule has 198 valence electrons. The van der Waals surface area contributed by atoms with Crippen LogP contribution >= 0.6 is 0 Å². The molecule has 0 saturated carbocycles. The van der Waals surface area contributed by atoms with Crippen molar-refractivity contribution in [1.29, 1.82) is 0 Å². The van der Waals surface area contributed by atoms with Gasteiger partial charge in [0.05, 0.1) is 26.4 Å². The number of ether oxygens (including phenoxy) is 3. The van der Waals surface area contributed by atoms with Crippen LogP contribution < -0.4 is 15.0 Å². The van der Waals surface area contributed by atoms with Crippen molar-refractivity contribution < 1.29 is 19.0 Å². The molecule has 0 bridgehead atoms. The van der Waals surface area contributed by atoms with Crippen molar-refractivity contribution in [2.24, 2.45) is 0 Å². The van der Waals surface area contributed by atoms with E-state index >= 15 is 0 Å². The molecular weight excluding hydrogens is 468 g/mol. The SMILES string of the molecule is CC(C)=C1CCN(C(=O)Nc2ccc(C)c(-c3cnc(OC4CCOCC4)c(N4CCOCC4)c3)c2)C1. The maximum atomic E-state index is 12.9. The summed E-state index contributed by atoms with van der Waals surface area (Å²) in [6.07, 6.45) is 4.70. The Bertz CT molecular complexity index is 1150. The number of urea groups is 1. The third kappa shape index (κ3) is 6.08. The highest BCUT2D eigenvalue weighted by molar-refractivity contribution is 5.91. The lowest BCUT2D eigenvalue weighted by Gasteiger charge is -2.31. The minimum Gasteiger partial charge on any atom is -0.473 e. The van der Waals surface area contributed by atoms with Crippen LogP contribution in [0.2, 0.25) is 0 Å². The molecule has 8 nitrogen and oxygen atoms in total. The number of benzene rings is 1. The van der Waals surface area contributed by atoms with Crippen LogP contribution in [-0.4, -0.2) is 74.6 Å². The Morgan fingerprint density at radius 3 is 2.54 bits per heavy atom. The standard InChI is InChI=1S/C29H38N4O4/c1-20(2)22-6-9-33(19-22)29(34)31-24-5-4-21(3)26(17-24)23-16-27(32-10-14-36-15-11-32)28(30-18-23)37-25-7-12-35-13-8-25/h4-5,16-18,25H,6-15,19H2,1-3H3,(H,31,34). The second-order valence-corrected chi connectivity index (χ2v) is 10.3. The first-order valence-electron chi connectivity index (χ1n) is 13.4. The van der Waals surface area contributed by atoms with Crippen molar-refractivity contribution in [3.63, 3.8) is 0 Å². The monoisotopic (exact) mass is 506 g/mol. The van der Waals surface area contributed by atoms with E-state index in [9.17, 15) is 4.79 Å². The lowest BCUT2D eigenvalue weighted by Crippen LogP contribution is -2.37. The topological polar surface area (TPSA) is 76.2 Å². The Morgan fingerprint density at radius 1 is 1.05 bits per heavy atom. The minimum atomic E-state index is -0.0570. The predicted octanol–water partition coefficient (Wildman–Crippen LogP) is 5.03. The quantitative estimate of drug-likeness (QED) is 0.574. The van der Waals surface area contributed by atoms with Crippen molar-refractivity contribution in [2.75, 3.05) is 62.8 Å². The van der Waals surface area contributed by atoms with E-state index in [4.69, 9.17) is 19.2 Å². The Labute approximate surface area is 219 Å². The van der Waals surface area contributed by atoms with Crippen LogP contribution in [0.3, 0.4) is 0 Å². The van der Waals surface area contributed by atoms with E-state index in [0.717, 1.165) is 80.2 Å². The number of likely N-dealkylation sites (tertiary alicyclic amines) is 1. The largest absolute Gasteiger partial charge is 0.473 e. The van der Waals surface area contributed by atoms with Gasteiger partial charge in [0, 0.05) is 56.5 Å². The van der Waals surface area contributed by atoms with E-state index in [1.807, 2.05) is 23.2 Å². The summed E-state index contributed by atoms with van der Waals surface area (Å²) in [6.45, 7) is 12.2. The van der Waals surface area contributed by atoms with Crippen LogP contribution in [0, 0.1) is 6.92 Å². The molecule has 37 heavy (non-hydrogen) atoms. The molecule has 3 fully saturated rings. The molecule has 0 aliphatic carbocycles. The fourth-order valence-electron chi connectivity index (χ4n) is 5.11. The summed E-state index contributed by atoms with van der Waals surface area (Å²) in [5, 5.41) is 3.10. The molecule has 3 saturated heterocycles. The number of allylic oxidation sites excluding steroid dienone is 1. The first-order chi connectivity index (χ1) is 18.0. The number of morpholine rings is 1. The maximum Gasteiger partial charge on any atom is 0.322 e. The average molecular weight is 507 g/mol. The van der Waals surface area contributed by atoms with Crippen LogP contribution in [0.25, 0.3) is 11.1 Å². The van der Waals surface area contributed by atoms with Gasteiger partial charge in [0.1, 0.15) is 11.8 Å². The van der Waals surface area contributed by atoms with Crippen LogP contribution in [0.4, 0.5) is 16.2 Å². The normalized spacial score (nSPS) is 18.7. The van der Waals surface area contributed by atoms with Crippen molar-refractivity contribution in [3.05, 3.63) is 47.2 Å². The molecule has 0 radical (unpaired) electrons. The fourth-order valence-corrected chi connectivity index (χ4v) is 5.11. The van der Waals surface area contributed by atoms with Gasteiger partial charge in [-0.3, -0.25) is 0 Å². The molecular formula is C29H38N4O4. The number of aromatic nitrogens is 1. The Hall–Kier alpha value is -3.10. The van der Waals surface area contributed by atoms with Gasteiger partial charge in [0.25, 0.3) is 0 Å². The number of pyridine rings is 1. The molecule has 0 spiro atoms. The molecule has 2 amide bonds. The fraction of sp³-hybridized carbons (Fsp3) is 0.517. The zero-order valence-corrected chi connectivity index (χ0v) is 22.2. The van der Waals surface area contributed by atoms with Gasteiger partial charge in [-0.25, -0.2) is 9.78 Å². The second kappa shape index (κ2) is 11.5. The number of amides is 2. The molecule has 3 aliphatic rings. The zero-order chi connectivity index (χ0) is 25.8. The lowest BCUT2D eigenvalue weighted by atomic mass is 10.0. The average Bonchev–Trinajstić information content (AvgIpc) is 3.42. The summed E-state index contributed by atoms with van der Waals surface area (Å²) < 4.78 is 17.5. The van der Waals surface area contributed by atoms with Crippen molar-refractivity contribution in [1.82, 2.24) is 9.88 Å². The van der Waals surface area contributed by atoms with E-state index in [-0.39, 0.29) is 12.1 Å². The van der Waals surface area contributed by atoms with Gasteiger partial charge in [0.2, 0.25) is 5.88 Å². The summed E-state index contributed by atoms with van der Waals surface area (Å²) in [4.78, 5) is 21.9. The number of rotatable bonds is 5. The van der Waals surface area contributed by atoms with Crippen LogP contribution in [0.15, 0.2) is 41.6 Å². The van der Waals surface area contributed by atoms with Gasteiger partial charge in [-0.1, -0.05) is 17.2 Å². The number of carbonyl (C=O) groups is 1. The highest BCUT2D eigenvalue weighted by atomic mass is 16.5. The number of nitrogens with one attached hydrogen (secondary N) is 1. The molecule has 0 unspecified atom stereocenters. The van der Waals surface area contributed by atoms with Crippen molar-refractivity contribution in [2.45, 2.75) is 46.1 Å². The Morgan fingerprint density at radius 2 is 1.81 bits per heavy atom. The van der Waals surface area contributed by atoms with Crippen molar-refractivity contribution in [3.8, 4) is 17.0 Å². The Balaban J connectivity index is 1.39. The van der Waals surface area contributed by atoms with Crippen molar-refractivity contribution >= 4 is 17.4 Å². The minimum absolute atomic E-state index is 0.0570. The van der Waals surface area contributed by atoms with Crippen LogP contribution in [0.5, 0.6) is 5.88 Å². The van der Waals surface area contributed by atoms with Gasteiger partial charge in [0.15, 0.2) is 0 Å². The third-order valence-electron chi connectivity index (χ3n) is 7.49. The smallest absolute Gasteiger partial charge is 0.322 e. The number of aryl methyl sites for hydroxylation is 1. The highest BCUT2D eigenvalue weighted by Crippen LogP contribution is 2.35. The first kappa shape index (κ1) is 25.5. The van der Waals surface area contributed by atoms with E-state index in [2.05, 4.69) is 43.1 Å². The lowest BCUT2D eigenvalue weighted by molar-refractivity contribution is 0.0238. The van der Waals surface area contributed by atoms with Gasteiger partial charge in [-0.2, -0.15) is 0 Å². The van der Waals surface area contributed by atoms with E-state index in [1.54, 1.807) is 0 Å². The predicted molar refractivity (Wildman–Crippen MR) is 145 cm³/mol. The number of nitrogens with zero attached hydrogens (tertiary/aromatic N) is 3. The van der Waals surface area contributed by atoms with Crippen LogP contribution in [-0.2, 0) is 9.47 Å². The molecule has 0 atom stereocenters. The maximum absolute atomic E-state index is 12.9. The second-order valence-electron chi connectivity index (χ2n) is 10.3. The zero-order valence-electron chi connectivity index (χ0n) is 22.2. The molecule has 5 rings (SSSR count). The molecule has 8 heteroatoms. The molecule has 1 aromatic heterocycles. The van der Waals surface area contributed by atoms with E-state index in [0.29, 0.717) is 25.6 Å². The van der Waals surface area contributed by atoms with E-state index in [1.165, 1.54) is 11.1 Å². The molecule has 1 N–H and O–H groups in total. The number of hydrogen-bond acceptors (Lipinski definition) is 6. The molecule has 3 aliphatic heterocycles. The number of hydrogen-bond donors (Lipinski definition) is 1. The Kier molecular flexibility index (Phi) is 7.96. The highest BCUT2D eigenvalue weighted by Gasteiger charge is 2.24. The number of carbonyl (C=O) groups excluding carboxylic acids is 1. The third-order valence-corrected chi connectivity index (χ3v) is 7.49. The van der Waals surface area contributed by atoms with Gasteiger partial charge in [-0.15, -0.1) is 0 Å². The summed E-state index contributed by atoms with van der Waals surface area (Å²) in [7, 11) is 0. The summed E-state index contributed by atoms with van der Waals surface area (Å²) >= 11 is 0.